The number of rotatable bonds is 2. The van der Waals surface area contributed by atoms with Crippen molar-refractivity contribution >= 4 is 0 Å². The van der Waals surface area contributed by atoms with Gasteiger partial charge in [0.1, 0.15) is 12.4 Å². The van der Waals surface area contributed by atoms with Crippen LogP contribution in [0.25, 0.3) is 0 Å². The molecule has 1 aliphatic carbocycles. The molecule has 4 nitrogen and oxygen atoms in total. The van der Waals surface area contributed by atoms with E-state index in [1.807, 2.05) is 13.8 Å². The lowest BCUT2D eigenvalue weighted by molar-refractivity contribution is -0.0474. The highest BCUT2D eigenvalue weighted by Gasteiger charge is 2.45. The first-order valence-electron chi connectivity index (χ1n) is 5.91. The average Bonchev–Trinajstić information content (AvgIpc) is 2.32. The molecule has 2 fully saturated rings. The number of fused-ring (bicyclic) bond motifs is 2. The Morgan fingerprint density at radius 2 is 2.00 bits per heavy atom. The summed E-state index contributed by atoms with van der Waals surface area (Å²) in [5.41, 5.74) is 2.08. The predicted octanol–water partition coefficient (Wildman–Crippen LogP) is 1.08. The number of piperidine rings is 2. The maximum Gasteiger partial charge on any atom is 0.219 e. The molecule has 3 atom stereocenters. The van der Waals surface area contributed by atoms with Gasteiger partial charge in [0.05, 0.1) is 0 Å². The van der Waals surface area contributed by atoms with Crippen molar-refractivity contribution in [1.82, 2.24) is 15.3 Å². The van der Waals surface area contributed by atoms with Crippen LogP contribution in [-0.4, -0.2) is 29.2 Å². The molecule has 2 bridgehead atoms. The molecule has 3 rings (SSSR count). The van der Waals surface area contributed by atoms with Crippen molar-refractivity contribution in [2.24, 2.45) is 11.8 Å². The van der Waals surface area contributed by atoms with Crippen molar-refractivity contribution in [2.45, 2.75) is 26.4 Å². The van der Waals surface area contributed by atoms with Crippen molar-refractivity contribution in [3.05, 3.63) is 17.6 Å². The summed E-state index contributed by atoms with van der Waals surface area (Å²) >= 11 is 0. The minimum atomic E-state index is 0.370. The van der Waals surface area contributed by atoms with Gasteiger partial charge >= 0.3 is 0 Å². The zero-order valence-corrected chi connectivity index (χ0v) is 9.73. The molecule has 2 aliphatic rings. The van der Waals surface area contributed by atoms with Crippen molar-refractivity contribution in [1.29, 1.82) is 0 Å². The summed E-state index contributed by atoms with van der Waals surface area (Å²) in [6.45, 7) is 6.19. The monoisotopic (exact) mass is 219 g/mol. The Kier molecular flexibility index (Phi) is 2.32. The summed E-state index contributed by atoms with van der Waals surface area (Å²) in [6, 6.07) is 0. The number of hydrogen-bond donors (Lipinski definition) is 1. The SMILES string of the molecule is Cc1ncnc(OC2[C@@H]3CNC[C@H]2C3)c1C. The fourth-order valence-electron chi connectivity index (χ4n) is 2.66. The van der Waals surface area contributed by atoms with E-state index in [1.165, 1.54) is 6.42 Å². The number of aromatic nitrogens is 2. The highest BCUT2D eigenvalue weighted by molar-refractivity contribution is 5.27. The van der Waals surface area contributed by atoms with Gasteiger partial charge in [-0.3, -0.25) is 0 Å². The topological polar surface area (TPSA) is 47.0 Å². The largest absolute Gasteiger partial charge is 0.473 e. The minimum Gasteiger partial charge on any atom is -0.473 e. The highest BCUT2D eigenvalue weighted by Crippen LogP contribution is 2.39. The van der Waals surface area contributed by atoms with Gasteiger partial charge in [0, 0.05) is 36.2 Å². The van der Waals surface area contributed by atoms with E-state index in [4.69, 9.17) is 4.74 Å². The fraction of sp³-hybridized carbons (Fsp3) is 0.667. The molecule has 1 N–H and O–H groups in total. The van der Waals surface area contributed by atoms with E-state index in [0.717, 1.165) is 30.2 Å². The lowest BCUT2D eigenvalue weighted by Crippen LogP contribution is -2.59. The second kappa shape index (κ2) is 3.70. The Bertz CT molecular complexity index is 393. The average molecular weight is 219 g/mol. The maximum absolute atomic E-state index is 6.04. The molecule has 2 heterocycles. The molecule has 4 heteroatoms. The first-order valence-corrected chi connectivity index (χ1v) is 5.91. The van der Waals surface area contributed by atoms with Gasteiger partial charge < -0.3 is 10.1 Å². The van der Waals surface area contributed by atoms with Crippen LogP contribution in [0.15, 0.2) is 6.33 Å². The molecule has 1 aromatic heterocycles. The third-order valence-electron chi connectivity index (χ3n) is 3.89. The van der Waals surface area contributed by atoms with Gasteiger partial charge in [0.25, 0.3) is 0 Å². The number of aryl methyl sites for hydroxylation is 1. The molecule has 0 spiro atoms. The summed E-state index contributed by atoms with van der Waals surface area (Å²) in [4.78, 5) is 8.39. The lowest BCUT2D eigenvalue weighted by Gasteiger charge is -2.48. The number of hydrogen-bond acceptors (Lipinski definition) is 4. The molecule has 16 heavy (non-hydrogen) atoms. The van der Waals surface area contributed by atoms with Crippen LogP contribution in [0, 0.1) is 25.7 Å². The van der Waals surface area contributed by atoms with Crippen LogP contribution in [-0.2, 0) is 0 Å². The smallest absolute Gasteiger partial charge is 0.219 e. The van der Waals surface area contributed by atoms with Crippen LogP contribution >= 0.6 is 0 Å². The first kappa shape index (κ1) is 10.0. The van der Waals surface area contributed by atoms with E-state index < -0.39 is 0 Å². The Hall–Kier alpha value is -1.16. The molecular formula is C12H17N3O. The molecule has 86 valence electrons. The number of nitrogens with one attached hydrogen (secondary N) is 1. The zero-order valence-electron chi connectivity index (χ0n) is 9.73. The van der Waals surface area contributed by atoms with Gasteiger partial charge in [0.15, 0.2) is 0 Å². The molecule has 0 aromatic carbocycles. The fourth-order valence-corrected chi connectivity index (χ4v) is 2.66. The first-order chi connectivity index (χ1) is 7.75. The standard InChI is InChI=1S/C12H17N3O/c1-7-8(2)14-6-15-12(7)16-11-9-3-10(11)5-13-4-9/h6,9-11,13H,3-5H2,1-2H3/t9-,10+,11?. The molecule has 1 aliphatic heterocycles. The van der Waals surface area contributed by atoms with Crippen LogP contribution in [0.1, 0.15) is 17.7 Å². The molecule has 1 unspecified atom stereocenters. The third kappa shape index (κ3) is 1.48. The second-order valence-electron chi connectivity index (χ2n) is 4.89. The van der Waals surface area contributed by atoms with E-state index in [1.54, 1.807) is 6.33 Å². The molecule has 1 saturated heterocycles. The zero-order chi connectivity index (χ0) is 11.1. The highest BCUT2D eigenvalue weighted by atomic mass is 16.5. The maximum atomic E-state index is 6.04. The molecule has 0 amide bonds. The number of ether oxygens (including phenoxy) is 1. The predicted molar refractivity (Wildman–Crippen MR) is 60.4 cm³/mol. The summed E-state index contributed by atoms with van der Waals surface area (Å²) < 4.78 is 6.04. The van der Waals surface area contributed by atoms with Gasteiger partial charge in [-0.05, 0) is 20.3 Å². The van der Waals surface area contributed by atoms with Crippen LogP contribution < -0.4 is 10.1 Å². The van der Waals surface area contributed by atoms with E-state index in [-0.39, 0.29) is 0 Å². The molecular weight excluding hydrogens is 202 g/mol. The normalized spacial score (nSPS) is 32.0. The minimum absolute atomic E-state index is 0.370. The van der Waals surface area contributed by atoms with Gasteiger partial charge in [-0.15, -0.1) is 0 Å². The van der Waals surface area contributed by atoms with E-state index in [2.05, 4.69) is 15.3 Å². The van der Waals surface area contributed by atoms with Crippen LogP contribution in [0.4, 0.5) is 0 Å². The van der Waals surface area contributed by atoms with Gasteiger partial charge in [0.2, 0.25) is 5.88 Å². The quantitative estimate of drug-likeness (QED) is 0.808. The van der Waals surface area contributed by atoms with E-state index in [9.17, 15) is 0 Å². The van der Waals surface area contributed by atoms with E-state index in [0.29, 0.717) is 17.9 Å². The second-order valence-corrected chi connectivity index (χ2v) is 4.89. The van der Waals surface area contributed by atoms with E-state index >= 15 is 0 Å². The van der Waals surface area contributed by atoms with Crippen LogP contribution in [0.3, 0.4) is 0 Å². The van der Waals surface area contributed by atoms with Crippen molar-refractivity contribution in [2.75, 3.05) is 13.1 Å². The summed E-state index contributed by atoms with van der Waals surface area (Å²) in [5.74, 6) is 2.12. The van der Waals surface area contributed by atoms with Crippen molar-refractivity contribution in [3.8, 4) is 5.88 Å². The van der Waals surface area contributed by atoms with Crippen LogP contribution in [0.5, 0.6) is 5.88 Å². The van der Waals surface area contributed by atoms with Crippen LogP contribution in [0.2, 0.25) is 0 Å². The lowest BCUT2D eigenvalue weighted by atomic mass is 9.69. The van der Waals surface area contributed by atoms with Gasteiger partial charge in [-0.1, -0.05) is 0 Å². The number of nitrogens with zero attached hydrogens (tertiary/aromatic N) is 2. The summed E-state index contributed by atoms with van der Waals surface area (Å²) in [7, 11) is 0. The summed E-state index contributed by atoms with van der Waals surface area (Å²) in [6.07, 6.45) is 3.26. The Balaban J connectivity index is 1.77. The molecule has 1 saturated carbocycles. The molecule has 0 radical (unpaired) electrons. The summed E-state index contributed by atoms with van der Waals surface area (Å²) in [5, 5.41) is 3.41. The van der Waals surface area contributed by atoms with Gasteiger partial charge in [-0.25, -0.2) is 9.97 Å². The Morgan fingerprint density at radius 1 is 1.25 bits per heavy atom. The Morgan fingerprint density at radius 3 is 2.69 bits per heavy atom. The Labute approximate surface area is 95.4 Å². The molecule has 1 aromatic rings. The third-order valence-corrected chi connectivity index (χ3v) is 3.89. The van der Waals surface area contributed by atoms with Gasteiger partial charge in [-0.2, -0.15) is 0 Å². The van der Waals surface area contributed by atoms with Crippen molar-refractivity contribution in [3.63, 3.8) is 0 Å². The van der Waals surface area contributed by atoms with Crippen molar-refractivity contribution < 1.29 is 4.74 Å².